The highest BCUT2D eigenvalue weighted by atomic mass is 79.9. The Morgan fingerprint density at radius 2 is 2.11 bits per heavy atom. The molecule has 2 rings (SSSR count). The average molecular weight is 327 g/mol. The zero-order valence-electron chi connectivity index (χ0n) is 11.2. The van der Waals surface area contributed by atoms with Crippen LogP contribution in [0.3, 0.4) is 0 Å². The van der Waals surface area contributed by atoms with E-state index in [1.807, 2.05) is 6.20 Å². The molecule has 0 aliphatic carbocycles. The molecule has 0 radical (unpaired) electrons. The quantitative estimate of drug-likeness (QED) is 0.809. The molecule has 0 atom stereocenters. The maximum absolute atomic E-state index is 12.9. The van der Waals surface area contributed by atoms with Crippen molar-refractivity contribution in [1.82, 2.24) is 20.0 Å². The van der Waals surface area contributed by atoms with Gasteiger partial charge in [0.15, 0.2) is 0 Å². The molecule has 102 valence electrons. The molecule has 0 spiro atoms. The maximum atomic E-state index is 12.9. The highest BCUT2D eigenvalue weighted by Gasteiger charge is 2.21. The van der Waals surface area contributed by atoms with Gasteiger partial charge in [0.1, 0.15) is 4.60 Å². The molecule has 0 saturated heterocycles. The van der Waals surface area contributed by atoms with E-state index in [0.29, 0.717) is 11.1 Å². The largest absolute Gasteiger partial charge is 0.248 e. The summed E-state index contributed by atoms with van der Waals surface area (Å²) in [5, 5.41) is 8.32. The summed E-state index contributed by atoms with van der Waals surface area (Å²) in [6, 6.07) is 3.03. The van der Waals surface area contributed by atoms with Crippen molar-refractivity contribution in [3.63, 3.8) is 0 Å². The Morgan fingerprint density at radius 3 is 2.74 bits per heavy atom. The SMILES string of the molecule is CCC(C)(C)c1cn(Cc2ccc(F)nc2Br)nn1. The minimum Gasteiger partial charge on any atom is -0.248 e. The lowest BCUT2D eigenvalue weighted by molar-refractivity contribution is 0.489. The number of rotatable bonds is 4. The van der Waals surface area contributed by atoms with Gasteiger partial charge in [0.25, 0.3) is 0 Å². The third kappa shape index (κ3) is 3.18. The number of halogens is 2. The highest BCUT2D eigenvalue weighted by Crippen LogP contribution is 2.24. The van der Waals surface area contributed by atoms with Crippen molar-refractivity contribution < 1.29 is 4.39 Å². The fourth-order valence-corrected chi connectivity index (χ4v) is 2.03. The first kappa shape index (κ1) is 14.1. The Morgan fingerprint density at radius 1 is 1.37 bits per heavy atom. The fraction of sp³-hybridized carbons (Fsp3) is 0.462. The van der Waals surface area contributed by atoms with Gasteiger partial charge >= 0.3 is 0 Å². The summed E-state index contributed by atoms with van der Waals surface area (Å²) in [6.07, 6.45) is 2.92. The van der Waals surface area contributed by atoms with Crippen LogP contribution < -0.4 is 0 Å². The Bertz CT molecular complexity index is 580. The number of aromatic nitrogens is 4. The lowest BCUT2D eigenvalue weighted by Crippen LogP contribution is -2.15. The second kappa shape index (κ2) is 5.36. The van der Waals surface area contributed by atoms with E-state index in [0.717, 1.165) is 17.7 Å². The van der Waals surface area contributed by atoms with Gasteiger partial charge in [0.2, 0.25) is 5.95 Å². The monoisotopic (exact) mass is 326 g/mol. The van der Waals surface area contributed by atoms with E-state index < -0.39 is 5.95 Å². The first-order valence-corrected chi connectivity index (χ1v) is 6.93. The van der Waals surface area contributed by atoms with E-state index in [1.165, 1.54) is 6.07 Å². The summed E-state index contributed by atoms with van der Waals surface area (Å²) in [5.41, 5.74) is 1.84. The zero-order chi connectivity index (χ0) is 14.0. The lowest BCUT2D eigenvalue weighted by atomic mass is 9.87. The number of nitrogens with zero attached hydrogens (tertiary/aromatic N) is 4. The smallest absolute Gasteiger partial charge is 0.213 e. The molecule has 2 aromatic rings. The Hall–Kier alpha value is -1.30. The predicted molar refractivity (Wildman–Crippen MR) is 74.3 cm³/mol. The number of hydrogen-bond acceptors (Lipinski definition) is 3. The molecular weight excluding hydrogens is 311 g/mol. The molecule has 0 bridgehead atoms. The summed E-state index contributed by atoms with van der Waals surface area (Å²) in [5.74, 6) is -0.498. The van der Waals surface area contributed by atoms with E-state index in [1.54, 1.807) is 10.7 Å². The van der Waals surface area contributed by atoms with Crippen molar-refractivity contribution in [1.29, 1.82) is 0 Å². The van der Waals surface area contributed by atoms with Crippen molar-refractivity contribution in [2.75, 3.05) is 0 Å². The number of pyridine rings is 1. The molecule has 0 aliphatic heterocycles. The normalized spacial score (nSPS) is 11.8. The van der Waals surface area contributed by atoms with Crippen molar-refractivity contribution in [3.05, 3.63) is 40.1 Å². The Labute approximate surface area is 120 Å². The predicted octanol–water partition coefficient (Wildman–Crippen LogP) is 3.31. The van der Waals surface area contributed by atoms with Crippen LogP contribution in [0.1, 0.15) is 38.4 Å². The van der Waals surface area contributed by atoms with Gasteiger partial charge in [-0.15, -0.1) is 5.10 Å². The molecule has 19 heavy (non-hydrogen) atoms. The molecular formula is C13H16BrFN4. The van der Waals surface area contributed by atoms with Crippen molar-refractivity contribution in [3.8, 4) is 0 Å². The second-order valence-corrected chi connectivity index (χ2v) is 5.87. The molecule has 6 heteroatoms. The molecule has 0 aromatic carbocycles. The fourth-order valence-electron chi connectivity index (χ4n) is 1.60. The summed E-state index contributed by atoms with van der Waals surface area (Å²) in [4.78, 5) is 3.73. The topological polar surface area (TPSA) is 43.6 Å². The molecule has 0 N–H and O–H groups in total. The van der Waals surface area contributed by atoms with Crippen LogP contribution in [-0.4, -0.2) is 20.0 Å². The van der Waals surface area contributed by atoms with Crippen LogP contribution in [0.4, 0.5) is 4.39 Å². The molecule has 2 heterocycles. The zero-order valence-corrected chi connectivity index (χ0v) is 12.8. The second-order valence-electron chi connectivity index (χ2n) is 5.12. The van der Waals surface area contributed by atoms with Gasteiger partial charge in [-0.2, -0.15) is 4.39 Å². The van der Waals surface area contributed by atoms with E-state index >= 15 is 0 Å². The third-order valence-corrected chi connectivity index (χ3v) is 4.03. The molecule has 0 saturated carbocycles. The van der Waals surface area contributed by atoms with E-state index in [9.17, 15) is 4.39 Å². The Kier molecular flexibility index (Phi) is 3.99. The van der Waals surface area contributed by atoms with Gasteiger partial charge in [0, 0.05) is 17.2 Å². The van der Waals surface area contributed by atoms with E-state index in [4.69, 9.17) is 0 Å². The van der Waals surface area contributed by atoms with Crippen LogP contribution in [0.2, 0.25) is 0 Å². The third-order valence-electron chi connectivity index (χ3n) is 3.34. The minimum absolute atomic E-state index is 0.0104. The molecule has 0 unspecified atom stereocenters. The molecule has 0 amide bonds. The maximum Gasteiger partial charge on any atom is 0.213 e. The van der Waals surface area contributed by atoms with Crippen LogP contribution in [-0.2, 0) is 12.0 Å². The molecule has 0 fully saturated rings. The summed E-state index contributed by atoms with van der Waals surface area (Å²) in [6.45, 7) is 6.91. The van der Waals surface area contributed by atoms with Crippen LogP contribution in [0.25, 0.3) is 0 Å². The van der Waals surface area contributed by atoms with Crippen LogP contribution in [0.5, 0.6) is 0 Å². The lowest BCUT2D eigenvalue weighted by Gasteiger charge is -2.18. The highest BCUT2D eigenvalue weighted by molar-refractivity contribution is 9.10. The van der Waals surface area contributed by atoms with Crippen LogP contribution >= 0.6 is 15.9 Å². The van der Waals surface area contributed by atoms with Gasteiger partial charge in [-0.05, 0) is 34.5 Å². The van der Waals surface area contributed by atoms with Crippen LogP contribution in [0, 0.1) is 5.95 Å². The molecule has 0 aliphatic rings. The van der Waals surface area contributed by atoms with Gasteiger partial charge in [-0.25, -0.2) is 9.67 Å². The van der Waals surface area contributed by atoms with E-state index in [-0.39, 0.29) is 5.41 Å². The number of hydrogen-bond donors (Lipinski definition) is 0. The summed E-state index contributed by atoms with van der Waals surface area (Å²) < 4.78 is 15.2. The van der Waals surface area contributed by atoms with Gasteiger partial charge in [0.05, 0.1) is 12.2 Å². The van der Waals surface area contributed by atoms with Gasteiger partial charge < -0.3 is 0 Å². The molecule has 4 nitrogen and oxygen atoms in total. The standard InChI is InChI=1S/C13H16BrFN4/c1-4-13(2,3)10-8-19(18-17-10)7-9-5-6-11(15)16-12(9)14/h5-6,8H,4,7H2,1-3H3. The minimum atomic E-state index is -0.498. The Balaban J connectivity index is 2.20. The average Bonchev–Trinajstić information content (AvgIpc) is 2.82. The molecule has 2 aromatic heterocycles. The summed E-state index contributed by atoms with van der Waals surface area (Å²) >= 11 is 3.25. The summed E-state index contributed by atoms with van der Waals surface area (Å²) in [7, 11) is 0. The van der Waals surface area contributed by atoms with Crippen molar-refractivity contribution >= 4 is 15.9 Å². The first-order chi connectivity index (χ1) is 8.92. The van der Waals surface area contributed by atoms with Crippen molar-refractivity contribution in [2.45, 2.75) is 39.2 Å². The van der Waals surface area contributed by atoms with E-state index in [2.05, 4.69) is 52.0 Å². The van der Waals surface area contributed by atoms with Gasteiger partial charge in [-0.1, -0.05) is 26.0 Å². The van der Waals surface area contributed by atoms with Crippen LogP contribution in [0.15, 0.2) is 22.9 Å². The first-order valence-electron chi connectivity index (χ1n) is 6.14. The van der Waals surface area contributed by atoms with Gasteiger partial charge in [-0.3, -0.25) is 0 Å². The van der Waals surface area contributed by atoms with Crippen molar-refractivity contribution in [2.24, 2.45) is 0 Å².